The number of hydrogen-bond donors (Lipinski definition) is 1. The third-order valence-corrected chi connectivity index (χ3v) is 4.56. The number of carbonyl (C=O) groups is 2. The molecule has 2 heterocycles. The summed E-state index contributed by atoms with van der Waals surface area (Å²) in [6.45, 7) is 3.83. The van der Waals surface area contributed by atoms with E-state index in [2.05, 4.69) is 12.2 Å². The van der Waals surface area contributed by atoms with Gasteiger partial charge in [-0.05, 0) is 31.1 Å². The SMILES string of the molecule is CC1CC1C(=O)N1CCC2NC(=O)CCC2C1. The summed E-state index contributed by atoms with van der Waals surface area (Å²) in [6.07, 6.45) is 3.58. The minimum absolute atomic E-state index is 0.182. The van der Waals surface area contributed by atoms with Crippen LogP contribution in [-0.2, 0) is 9.59 Å². The Labute approximate surface area is 102 Å². The molecule has 0 aromatic heterocycles. The molecule has 3 aliphatic rings. The number of carbonyl (C=O) groups excluding carboxylic acids is 2. The van der Waals surface area contributed by atoms with E-state index >= 15 is 0 Å². The number of nitrogens with one attached hydrogen (secondary N) is 1. The van der Waals surface area contributed by atoms with E-state index in [0.29, 0.717) is 36.1 Å². The number of nitrogens with zero attached hydrogens (tertiary/aromatic N) is 1. The van der Waals surface area contributed by atoms with Gasteiger partial charge in [0.25, 0.3) is 0 Å². The van der Waals surface area contributed by atoms with Gasteiger partial charge in [0.05, 0.1) is 0 Å². The molecule has 4 atom stereocenters. The Bertz CT molecular complexity index is 355. The van der Waals surface area contributed by atoms with Crippen LogP contribution in [0.15, 0.2) is 0 Å². The minimum atomic E-state index is 0.182. The fourth-order valence-corrected chi connectivity index (χ4v) is 3.21. The molecule has 1 saturated carbocycles. The van der Waals surface area contributed by atoms with Crippen molar-refractivity contribution >= 4 is 11.8 Å². The second-order valence-corrected chi connectivity index (χ2v) is 5.87. The van der Waals surface area contributed by atoms with Crippen LogP contribution in [0.2, 0.25) is 0 Å². The highest BCUT2D eigenvalue weighted by molar-refractivity contribution is 5.82. The molecule has 2 saturated heterocycles. The highest BCUT2D eigenvalue weighted by Crippen LogP contribution is 2.40. The predicted molar refractivity (Wildman–Crippen MR) is 63.1 cm³/mol. The van der Waals surface area contributed by atoms with Crippen LogP contribution in [-0.4, -0.2) is 35.8 Å². The third-order valence-electron chi connectivity index (χ3n) is 4.56. The van der Waals surface area contributed by atoms with Crippen LogP contribution in [0.3, 0.4) is 0 Å². The summed E-state index contributed by atoms with van der Waals surface area (Å²) >= 11 is 0. The second kappa shape index (κ2) is 4.00. The average molecular weight is 236 g/mol. The molecule has 4 unspecified atom stereocenters. The zero-order valence-electron chi connectivity index (χ0n) is 10.3. The van der Waals surface area contributed by atoms with E-state index < -0.39 is 0 Å². The van der Waals surface area contributed by atoms with Crippen molar-refractivity contribution in [3.63, 3.8) is 0 Å². The van der Waals surface area contributed by atoms with Crippen molar-refractivity contribution in [3.05, 3.63) is 0 Å². The normalized spacial score (nSPS) is 40.5. The Morgan fingerprint density at radius 2 is 2.18 bits per heavy atom. The molecule has 2 aliphatic heterocycles. The smallest absolute Gasteiger partial charge is 0.225 e. The molecule has 0 radical (unpaired) electrons. The molecule has 0 aromatic carbocycles. The first-order chi connectivity index (χ1) is 8.15. The Kier molecular flexibility index (Phi) is 2.60. The predicted octanol–water partition coefficient (Wildman–Crippen LogP) is 0.769. The van der Waals surface area contributed by atoms with Gasteiger partial charge in [-0.25, -0.2) is 0 Å². The molecular formula is C13H20N2O2. The zero-order valence-corrected chi connectivity index (χ0v) is 10.3. The lowest BCUT2D eigenvalue weighted by atomic mass is 9.85. The quantitative estimate of drug-likeness (QED) is 0.731. The van der Waals surface area contributed by atoms with Gasteiger partial charge in [0, 0.05) is 31.5 Å². The monoisotopic (exact) mass is 236 g/mol. The van der Waals surface area contributed by atoms with Crippen LogP contribution < -0.4 is 5.32 Å². The number of piperidine rings is 2. The molecule has 4 nitrogen and oxygen atoms in total. The van der Waals surface area contributed by atoms with E-state index in [0.717, 1.165) is 32.4 Å². The van der Waals surface area contributed by atoms with Crippen molar-refractivity contribution in [3.8, 4) is 0 Å². The molecule has 17 heavy (non-hydrogen) atoms. The van der Waals surface area contributed by atoms with Crippen LogP contribution in [0, 0.1) is 17.8 Å². The van der Waals surface area contributed by atoms with Crippen molar-refractivity contribution in [1.82, 2.24) is 10.2 Å². The van der Waals surface area contributed by atoms with E-state index in [1.807, 2.05) is 4.90 Å². The van der Waals surface area contributed by atoms with E-state index in [9.17, 15) is 9.59 Å². The largest absolute Gasteiger partial charge is 0.353 e. The van der Waals surface area contributed by atoms with Gasteiger partial charge in [0.2, 0.25) is 11.8 Å². The molecule has 1 N–H and O–H groups in total. The van der Waals surface area contributed by atoms with Crippen molar-refractivity contribution in [2.45, 2.75) is 38.6 Å². The van der Waals surface area contributed by atoms with Gasteiger partial charge in [0.1, 0.15) is 0 Å². The van der Waals surface area contributed by atoms with Gasteiger partial charge < -0.3 is 10.2 Å². The molecule has 0 spiro atoms. The summed E-state index contributed by atoms with van der Waals surface area (Å²) in [4.78, 5) is 25.5. The maximum Gasteiger partial charge on any atom is 0.225 e. The third kappa shape index (κ3) is 2.05. The van der Waals surface area contributed by atoms with Crippen LogP contribution in [0.1, 0.15) is 32.6 Å². The number of hydrogen-bond acceptors (Lipinski definition) is 2. The maximum atomic E-state index is 12.1. The molecule has 3 fully saturated rings. The van der Waals surface area contributed by atoms with Gasteiger partial charge in [-0.3, -0.25) is 9.59 Å². The molecule has 4 heteroatoms. The summed E-state index contributed by atoms with van der Waals surface area (Å²) in [6, 6.07) is 0.317. The van der Waals surface area contributed by atoms with Gasteiger partial charge >= 0.3 is 0 Å². The fourth-order valence-electron chi connectivity index (χ4n) is 3.21. The molecular weight excluding hydrogens is 216 g/mol. The van der Waals surface area contributed by atoms with Crippen molar-refractivity contribution < 1.29 is 9.59 Å². The summed E-state index contributed by atoms with van der Waals surface area (Å²) in [7, 11) is 0. The fraction of sp³-hybridized carbons (Fsp3) is 0.846. The number of amides is 2. The lowest BCUT2D eigenvalue weighted by molar-refractivity contribution is -0.136. The molecule has 0 bridgehead atoms. The van der Waals surface area contributed by atoms with Crippen LogP contribution >= 0.6 is 0 Å². The molecule has 0 aromatic rings. The highest BCUT2D eigenvalue weighted by atomic mass is 16.2. The van der Waals surface area contributed by atoms with Gasteiger partial charge in [0.15, 0.2) is 0 Å². The van der Waals surface area contributed by atoms with Crippen LogP contribution in [0.5, 0.6) is 0 Å². The molecule has 94 valence electrons. The average Bonchev–Trinajstić information content (AvgIpc) is 3.05. The van der Waals surface area contributed by atoms with Gasteiger partial charge in [-0.15, -0.1) is 0 Å². The van der Waals surface area contributed by atoms with E-state index in [1.54, 1.807) is 0 Å². The van der Waals surface area contributed by atoms with Crippen molar-refractivity contribution in [1.29, 1.82) is 0 Å². The Morgan fingerprint density at radius 1 is 1.41 bits per heavy atom. The van der Waals surface area contributed by atoms with E-state index in [1.165, 1.54) is 0 Å². The van der Waals surface area contributed by atoms with Gasteiger partial charge in [-0.2, -0.15) is 0 Å². The van der Waals surface area contributed by atoms with Crippen LogP contribution in [0.25, 0.3) is 0 Å². The molecule has 2 amide bonds. The second-order valence-electron chi connectivity index (χ2n) is 5.87. The lowest BCUT2D eigenvalue weighted by Crippen LogP contribution is -2.55. The number of rotatable bonds is 1. The van der Waals surface area contributed by atoms with Crippen molar-refractivity contribution in [2.75, 3.05) is 13.1 Å². The number of fused-ring (bicyclic) bond motifs is 1. The van der Waals surface area contributed by atoms with Gasteiger partial charge in [-0.1, -0.05) is 6.92 Å². The topological polar surface area (TPSA) is 49.4 Å². The van der Waals surface area contributed by atoms with E-state index in [4.69, 9.17) is 0 Å². The summed E-state index contributed by atoms with van der Waals surface area (Å²) in [5.74, 6) is 1.91. The number of likely N-dealkylation sites (tertiary alicyclic amines) is 1. The first-order valence-electron chi connectivity index (χ1n) is 6.73. The Morgan fingerprint density at radius 3 is 2.88 bits per heavy atom. The lowest BCUT2D eigenvalue weighted by Gasteiger charge is -2.41. The van der Waals surface area contributed by atoms with Crippen LogP contribution in [0.4, 0.5) is 0 Å². The maximum absolute atomic E-state index is 12.1. The first kappa shape index (κ1) is 11.1. The van der Waals surface area contributed by atoms with Crippen molar-refractivity contribution in [2.24, 2.45) is 17.8 Å². The highest BCUT2D eigenvalue weighted by Gasteiger charge is 2.44. The summed E-state index contributed by atoms with van der Waals surface area (Å²) < 4.78 is 0. The summed E-state index contributed by atoms with van der Waals surface area (Å²) in [5.41, 5.74) is 0. The first-order valence-corrected chi connectivity index (χ1v) is 6.73. The standard InChI is InChI=1S/C13H20N2O2/c1-8-6-10(8)13(17)15-5-4-11-9(7-15)2-3-12(16)14-11/h8-11H,2-7H2,1H3,(H,14,16). The minimum Gasteiger partial charge on any atom is -0.353 e. The molecule has 3 rings (SSSR count). The molecule has 1 aliphatic carbocycles. The van der Waals surface area contributed by atoms with E-state index in [-0.39, 0.29) is 5.91 Å². The Hall–Kier alpha value is -1.06. The Balaban J connectivity index is 1.60. The summed E-state index contributed by atoms with van der Waals surface area (Å²) in [5, 5.41) is 3.05. The zero-order chi connectivity index (χ0) is 12.0.